The third-order valence-electron chi connectivity index (χ3n) is 5.77. The summed E-state index contributed by atoms with van der Waals surface area (Å²) in [7, 11) is -3.61. The molecule has 1 aliphatic rings. The SMILES string of the molecule is C=CCCCCCO[C@@H]1CCCC[C@H]1N(C/C=C/C=C/C)S(=O)(=O)c1ccc(C)cc1. The lowest BCUT2D eigenvalue weighted by Crippen LogP contribution is -2.49. The molecular weight excluding hydrogens is 406 g/mol. The molecule has 1 saturated carbocycles. The molecule has 0 heterocycles. The molecule has 0 unspecified atom stereocenters. The lowest BCUT2D eigenvalue weighted by atomic mass is 9.92. The highest BCUT2D eigenvalue weighted by atomic mass is 32.2. The number of sulfonamides is 1. The minimum atomic E-state index is -3.61. The molecule has 2 atom stereocenters. The van der Waals surface area contributed by atoms with Gasteiger partial charge in [0.05, 0.1) is 17.0 Å². The smallest absolute Gasteiger partial charge is 0.243 e. The van der Waals surface area contributed by atoms with Crippen LogP contribution in [-0.2, 0) is 14.8 Å². The molecule has 1 aliphatic carbocycles. The number of unbranched alkanes of at least 4 members (excludes halogenated alkanes) is 3. The number of nitrogens with zero attached hydrogens (tertiary/aromatic N) is 1. The zero-order valence-electron chi connectivity index (χ0n) is 19.2. The first kappa shape index (κ1) is 25.6. The quantitative estimate of drug-likeness (QED) is 0.206. The second-order valence-electron chi connectivity index (χ2n) is 8.24. The van der Waals surface area contributed by atoms with Gasteiger partial charge in [-0.1, -0.05) is 67.3 Å². The normalized spacial score (nSPS) is 20.1. The average Bonchev–Trinajstić information content (AvgIpc) is 2.77. The van der Waals surface area contributed by atoms with Crippen molar-refractivity contribution in [3.63, 3.8) is 0 Å². The molecule has 1 fully saturated rings. The first-order valence-corrected chi connectivity index (χ1v) is 13.0. The Labute approximate surface area is 189 Å². The molecule has 2 rings (SSSR count). The van der Waals surface area contributed by atoms with Crippen molar-refractivity contribution >= 4 is 10.0 Å². The highest BCUT2D eigenvalue weighted by Crippen LogP contribution is 2.30. The van der Waals surface area contributed by atoms with Gasteiger partial charge in [0.25, 0.3) is 0 Å². The molecule has 0 aliphatic heterocycles. The number of ether oxygens (including phenoxy) is 1. The fourth-order valence-electron chi connectivity index (χ4n) is 4.02. The summed E-state index contributed by atoms with van der Waals surface area (Å²) < 4.78 is 35.1. The van der Waals surface area contributed by atoms with Crippen LogP contribution in [0.15, 0.2) is 66.1 Å². The Morgan fingerprint density at radius 1 is 1.10 bits per heavy atom. The van der Waals surface area contributed by atoms with Gasteiger partial charge in [-0.25, -0.2) is 8.42 Å². The van der Waals surface area contributed by atoms with Gasteiger partial charge >= 0.3 is 0 Å². The van der Waals surface area contributed by atoms with Gasteiger partial charge in [-0.2, -0.15) is 4.31 Å². The van der Waals surface area contributed by atoms with E-state index in [9.17, 15) is 8.42 Å². The van der Waals surface area contributed by atoms with Crippen molar-refractivity contribution in [3.8, 4) is 0 Å². The summed E-state index contributed by atoms with van der Waals surface area (Å²) in [6.07, 6.45) is 17.7. The van der Waals surface area contributed by atoms with Crippen LogP contribution in [0.2, 0.25) is 0 Å². The number of hydrogen-bond acceptors (Lipinski definition) is 3. The summed E-state index contributed by atoms with van der Waals surface area (Å²) in [6.45, 7) is 8.72. The molecule has 0 amide bonds. The summed E-state index contributed by atoms with van der Waals surface area (Å²) in [4.78, 5) is 0.353. The van der Waals surface area contributed by atoms with Gasteiger partial charge < -0.3 is 4.74 Å². The van der Waals surface area contributed by atoms with E-state index in [2.05, 4.69) is 6.58 Å². The molecule has 0 bridgehead atoms. The minimum absolute atomic E-state index is 0.0523. The molecule has 0 saturated heterocycles. The topological polar surface area (TPSA) is 46.6 Å². The second-order valence-corrected chi connectivity index (χ2v) is 10.1. The van der Waals surface area contributed by atoms with Crippen molar-refractivity contribution in [1.29, 1.82) is 0 Å². The van der Waals surface area contributed by atoms with Crippen molar-refractivity contribution in [2.75, 3.05) is 13.2 Å². The number of hydrogen-bond donors (Lipinski definition) is 0. The fraction of sp³-hybridized carbons (Fsp3) is 0.538. The van der Waals surface area contributed by atoms with Crippen LogP contribution in [0, 0.1) is 6.92 Å². The van der Waals surface area contributed by atoms with Gasteiger partial charge in [0.2, 0.25) is 10.0 Å². The highest BCUT2D eigenvalue weighted by molar-refractivity contribution is 7.89. The molecule has 1 aromatic rings. The molecule has 0 radical (unpaired) electrons. The van der Waals surface area contributed by atoms with E-state index in [4.69, 9.17) is 4.74 Å². The highest BCUT2D eigenvalue weighted by Gasteiger charge is 2.37. The van der Waals surface area contributed by atoms with Crippen molar-refractivity contribution in [1.82, 2.24) is 4.31 Å². The largest absolute Gasteiger partial charge is 0.377 e. The van der Waals surface area contributed by atoms with Crippen LogP contribution in [0.3, 0.4) is 0 Å². The van der Waals surface area contributed by atoms with Crippen molar-refractivity contribution < 1.29 is 13.2 Å². The van der Waals surface area contributed by atoms with Gasteiger partial charge in [0.15, 0.2) is 0 Å². The van der Waals surface area contributed by atoms with Crippen LogP contribution < -0.4 is 0 Å². The lowest BCUT2D eigenvalue weighted by molar-refractivity contribution is -0.0150. The van der Waals surface area contributed by atoms with Gasteiger partial charge in [-0.3, -0.25) is 0 Å². The predicted octanol–water partition coefficient (Wildman–Crippen LogP) is 6.19. The molecule has 4 nitrogen and oxygen atoms in total. The minimum Gasteiger partial charge on any atom is -0.377 e. The summed E-state index contributed by atoms with van der Waals surface area (Å²) >= 11 is 0. The van der Waals surface area contributed by atoms with Crippen molar-refractivity contribution in [2.45, 2.75) is 82.3 Å². The maximum absolute atomic E-state index is 13.6. The van der Waals surface area contributed by atoms with Crippen LogP contribution in [0.4, 0.5) is 0 Å². The Morgan fingerprint density at radius 2 is 1.84 bits per heavy atom. The van der Waals surface area contributed by atoms with Crippen molar-refractivity contribution in [3.05, 3.63) is 66.8 Å². The van der Waals surface area contributed by atoms with Crippen molar-refractivity contribution in [2.24, 2.45) is 0 Å². The number of allylic oxidation sites excluding steroid dienone is 4. The van der Waals surface area contributed by atoms with Crippen LogP contribution in [0.25, 0.3) is 0 Å². The third-order valence-corrected chi connectivity index (χ3v) is 7.68. The van der Waals surface area contributed by atoms with Crippen LogP contribution >= 0.6 is 0 Å². The Kier molecular flexibility index (Phi) is 11.3. The first-order valence-electron chi connectivity index (χ1n) is 11.6. The standard InChI is InChI=1S/C26H39NO3S/c1-4-6-8-10-14-22-30-26-16-12-11-15-25(26)27(21-13-9-7-5-2)31(28,29)24-19-17-23(3)18-20-24/h4-5,7,9,13,17-20,25-26H,1,6,8,10-12,14-16,21-22H2,2-3H3/b7-5+,13-9+/t25-,26-/m1/s1. The van der Waals surface area contributed by atoms with Gasteiger partial charge in [-0.05, 0) is 58.1 Å². The maximum atomic E-state index is 13.6. The third kappa shape index (κ3) is 8.06. The summed E-state index contributed by atoms with van der Waals surface area (Å²) in [5.74, 6) is 0. The van der Waals surface area contributed by atoms with Crippen LogP contribution in [0.1, 0.15) is 63.9 Å². The molecule has 5 heteroatoms. The van der Waals surface area contributed by atoms with E-state index in [-0.39, 0.29) is 12.1 Å². The Hall–Kier alpha value is -1.69. The van der Waals surface area contributed by atoms with E-state index in [1.54, 1.807) is 16.4 Å². The van der Waals surface area contributed by atoms with E-state index >= 15 is 0 Å². The molecule has 1 aromatic carbocycles. The van der Waals surface area contributed by atoms with Crippen LogP contribution in [0.5, 0.6) is 0 Å². The van der Waals surface area contributed by atoms with Gasteiger partial charge in [0.1, 0.15) is 0 Å². The molecule has 0 spiro atoms. The van der Waals surface area contributed by atoms with Gasteiger partial charge in [0, 0.05) is 13.2 Å². The fourth-order valence-corrected chi connectivity index (χ4v) is 5.65. The summed E-state index contributed by atoms with van der Waals surface area (Å²) in [5.41, 5.74) is 1.05. The van der Waals surface area contributed by atoms with Gasteiger partial charge in [-0.15, -0.1) is 6.58 Å². The number of aryl methyl sites for hydroxylation is 1. The Morgan fingerprint density at radius 3 is 2.55 bits per heavy atom. The second kappa shape index (κ2) is 13.7. The monoisotopic (exact) mass is 445 g/mol. The van der Waals surface area contributed by atoms with E-state index < -0.39 is 10.0 Å². The van der Waals surface area contributed by atoms with E-state index in [0.29, 0.717) is 18.0 Å². The molecule has 172 valence electrons. The maximum Gasteiger partial charge on any atom is 0.243 e. The Bertz CT molecular complexity index is 812. The molecule has 0 N–H and O–H groups in total. The average molecular weight is 446 g/mol. The lowest BCUT2D eigenvalue weighted by Gasteiger charge is -2.38. The summed E-state index contributed by atoms with van der Waals surface area (Å²) in [5, 5.41) is 0. The Balaban J connectivity index is 2.19. The predicted molar refractivity (Wildman–Crippen MR) is 130 cm³/mol. The van der Waals surface area contributed by atoms with E-state index in [1.807, 2.05) is 56.4 Å². The molecule has 31 heavy (non-hydrogen) atoms. The molecule has 0 aromatic heterocycles. The van der Waals surface area contributed by atoms with E-state index in [0.717, 1.165) is 56.9 Å². The molecular formula is C26H39NO3S. The summed E-state index contributed by atoms with van der Waals surface area (Å²) in [6, 6.07) is 7.01. The zero-order valence-corrected chi connectivity index (χ0v) is 20.0. The number of benzene rings is 1. The first-order chi connectivity index (χ1) is 15.0. The zero-order chi connectivity index (χ0) is 22.5. The number of rotatable bonds is 13. The van der Waals surface area contributed by atoms with E-state index in [1.165, 1.54) is 0 Å². The van der Waals surface area contributed by atoms with Crippen LogP contribution in [-0.4, -0.2) is 38.0 Å².